The number of hydrogen-bond donors (Lipinski definition) is 2. The molecule has 0 atom stereocenters. The van der Waals surface area contributed by atoms with E-state index in [0.29, 0.717) is 18.7 Å². The molecule has 2 amide bonds. The fraction of sp³-hybridized carbons (Fsp3) is 0.500. The zero-order valence-corrected chi connectivity index (χ0v) is 12.0. The number of carboxylic acids is 1. The lowest BCUT2D eigenvalue weighted by Gasteiger charge is -2.26. The molecule has 7 nitrogen and oxygen atoms in total. The van der Waals surface area contributed by atoms with Gasteiger partial charge < -0.3 is 19.7 Å². The fourth-order valence-corrected chi connectivity index (χ4v) is 2.33. The van der Waals surface area contributed by atoms with Gasteiger partial charge in [-0.05, 0) is 13.8 Å². The lowest BCUT2D eigenvalue weighted by atomic mass is 10.0. The molecule has 1 aromatic heterocycles. The topological polar surface area (TPSA) is 99.8 Å². The number of amides is 2. The van der Waals surface area contributed by atoms with Crippen molar-refractivity contribution in [1.82, 2.24) is 10.2 Å². The summed E-state index contributed by atoms with van der Waals surface area (Å²) in [6, 6.07) is -0.172. The maximum absolute atomic E-state index is 12.6. The molecular weight excluding hydrogens is 276 g/mol. The standard InChI is InChI=1S/C14H18N2O5/c1-8(2)16(6-4-11(17)18)14(20)9-7-21-10-3-5-15-13(19)12(9)10/h7-8H,3-6H2,1-2H3,(H,15,19)(H,17,18). The van der Waals surface area contributed by atoms with Crippen LogP contribution in [-0.2, 0) is 11.2 Å². The number of nitrogens with zero attached hydrogens (tertiary/aromatic N) is 1. The van der Waals surface area contributed by atoms with Crippen LogP contribution in [0.25, 0.3) is 0 Å². The zero-order chi connectivity index (χ0) is 15.6. The van der Waals surface area contributed by atoms with Crippen LogP contribution >= 0.6 is 0 Å². The van der Waals surface area contributed by atoms with Crippen LogP contribution in [0, 0.1) is 0 Å². The maximum atomic E-state index is 12.6. The molecule has 1 aliphatic heterocycles. The van der Waals surface area contributed by atoms with Crippen molar-refractivity contribution < 1.29 is 23.9 Å². The molecule has 0 saturated carbocycles. The molecule has 7 heteroatoms. The Kier molecular flexibility index (Phi) is 4.30. The third-order valence-corrected chi connectivity index (χ3v) is 3.41. The number of carbonyl (C=O) groups excluding carboxylic acids is 2. The van der Waals surface area contributed by atoms with E-state index in [0.717, 1.165) is 0 Å². The highest BCUT2D eigenvalue weighted by Crippen LogP contribution is 2.23. The number of aliphatic carboxylic acids is 1. The summed E-state index contributed by atoms with van der Waals surface area (Å²) in [6.07, 6.45) is 1.69. The van der Waals surface area contributed by atoms with Gasteiger partial charge in [0.2, 0.25) is 0 Å². The quantitative estimate of drug-likeness (QED) is 0.840. The first-order valence-electron chi connectivity index (χ1n) is 6.83. The Morgan fingerprint density at radius 3 is 2.81 bits per heavy atom. The van der Waals surface area contributed by atoms with Gasteiger partial charge in [-0.3, -0.25) is 14.4 Å². The largest absolute Gasteiger partial charge is 0.481 e. The molecule has 114 valence electrons. The van der Waals surface area contributed by atoms with Gasteiger partial charge in [0.1, 0.15) is 12.0 Å². The summed E-state index contributed by atoms with van der Waals surface area (Å²) in [5.41, 5.74) is 0.466. The normalized spacial score (nSPS) is 13.8. The summed E-state index contributed by atoms with van der Waals surface area (Å²) in [5, 5.41) is 11.4. The summed E-state index contributed by atoms with van der Waals surface area (Å²) >= 11 is 0. The highest BCUT2D eigenvalue weighted by Gasteiger charge is 2.31. The van der Waals surface area contributed by atoms with Crippen molar-refractivity contribution in [3.8, 4) is 0 Å². The van der Waals surface area contributed by atoms with E-state index in [-0.39, 0.29) is 41.9 Å². The summed E-state index contributed by atoms with van der Waals surface area (Å²) in [5.74, 6) is -1.17. The van der Waals surface area contributed by atoms with E-state index >= 15 is 0 Å². The molecule has 1 aliphatic rings. The predicted octanol–water partition coefficient (Wildman–Crippen LogP) is 0.891. The molecule has 0 saturated heterocycles. The second kappa shape index (κ2) is 5.99. The summed E-state index contributed by atoms with van der Waals surface area (Å²) in [4.78, 5) is 36.6. The number of carbonyl (C=O) groups is 3. The van der Waals surface area contributed by atoms with Crippen molar-refractivity contribution in [3.63, 3.8) is 0 Å². The summed E-state index contributed by atoms with van der Waals surface area (Å²) < 4.78 is 5.31. The van der Waals surface area contributed by atoms with Gasteiger partial charge in [-0.1, -0.05) is 0 Å². The Morgan fingerprint density at radius 2 is 2.19 bits per heavy atom. The van der Waals surface area contributed by atoms with Gasteiger partial charge in [-0.15, -0.1) is 0 Å². The molecule has 0 spiro atoms. The third-order valence-electron chi connectivity index (χ3n) is 3.41. The van der Waals surface area contributed by atoms with Crippen LogP contribution in [0.1, 0.15) is 46.7 Å². The van der Waals surface area contributed by atoms with Crippen molar-refractivity contribution >= 4 is 17.8 Å². The van der Waals surface area contributed by atoms with Gasteiger partial charge >= 0.3 is 5.97 Å². The molecule has 0 aliphatic carbocycles. The Balaban J connectivity index is 2.27. The van der Waals surface area contributed by atoms with E-state index in [1.54, 1.807) is 13.8 Å². The van der Waals surface area contributed by atoms with Crippen molar-refractivity contribution in [3.05, 3.63) is 23.2 Å². The molecule has 2 heterocycles. The highest BCUT2D eigenvalue weighted by atomic mass is 16.4. The van der Waals surface area contributed by atoms with Crippen molar-refractivity contribution in [2.75, 3.05) is 13.1 Å². The molecule has 0 aromatic carbocycles. The number of nitrogens with one attached hydrogen (secondary N) is 1. The minimum Gasteiger partial charge on any atom is -0.481 e. The third kappa shape index (κ3) is 3.07. The highest BCUT2D eigenvalue weighted by molar-refractivity contribution is 6.08. The van der Waals surface area contributed by atoms with E-state index in [2.05, 4.69) is 5.32 Å². The van der Waals surface area contributed by atoms with Gasteiger partial charge in [-0.25, -0.2) is 0 Å². The van der Waals surface area contributed by atoms with Crippen molar-refractivity contribution in [2.45, 2.75) is 32.7 Å². The van der Waals surface area contributed by atoms with E-state index < -0.39 is 5.97 Å². The monoisotopic (exact) mass is 294 g/mol. The first-order valence-corrected chi connectivity index (χ1v) is 6.83. The smallest absolute Gasteiger partial charge is 0.305 e. The van der Waals surface area contributed by atoms with Crippen LogP contribution in [-0.4, -0.2) is 46.9 Å². The Hall–Kier alpha value is -2.31. The number of fused-ring (bicyclic) bond motifs is 1. The minimum absolute atomic E-state index is 0.0907. The van der Waals surface area contributed by atoms with Crippen LogP contribution in [0.15, 0.2) is 10.7 Å². The van der Waals surface area contributed by atoms with E-state index in [1.165, 1.54) is 11.2 Å². The first kappa shape index (κ1) is 15.1. The number of rotatable bonds is 5. The molecule has 1 aromatic rings. The zero-order valence-electron chi connectivity index (χ0n) is 12.0. The van der Waals surface area contributed by atoms with E-state index in [9.17, 15) is 14.4 Å². The first-order chi connectivity index (χ1) is 9.91. The Morgan fingerprint density at radius 1 is 1.48 bits per heavy atom. The number of carboxylic acid groups (broad SMARTS) is 1. The maximum Gasteiger partial charge on any atom is 0.305 e. The average Bonchev–Trinajstić information content (AvgIpc) is 2.83. The molecule has 21 heavy (non-hydrogen) atoms. The van der Waals surface area contributed by atoms with E-state index in [4.69, 9.17) is 9.52 Å². The second-order valence-corrected chi connectivity index (χ2v) is 5.19. The van der Waals surface area contributed by atoms with Crippen LogP contribution in [0.3, 0.4) is 0 Å². The molecule has 2 N–H and O–H groups in total. The second-order valence-electron chi connectivity index (χ2n) is 5.19. The number of hydrogen-bond acceptors (Lipinski definition) is 4. The SMILES string of the molecule is CC(C)N(CCC(=O)O)C(=O)c1coc2c1C(=O)NCC2. The average molecular weight is 294 g/mol. The van der Waals surface area contributed by atoms with Crippen LogP contribution in [0.4, 0.5) is 0 Å². The van der Waals surface area contributed by atoms with Gasteiger partial charge in [0.15, 0.2) is 0 Å². The van der Waals surface area contributed by atoms with E-state index in [1.807, 2.05) is 0 Å². The minimum atomic E-state index is -0.972. The molecule has 2 rings (SSSR count). The van der Waals surface area contributed by atoms with Crippen molar-refractivity contribution in [2.24, 2.45) is 0 Å². The van der Waals surface area contributed by atoms with Crippen molar-refractivity contribution in [1.29, 1.82) is 0 Å². The molecule has 0 unspecified atom stereocenters. The number of furan rings is 1. The molecule has 0 radical (unpaired) electrons. The van der Waals surface area contributed by atoms with Crippen LogP contribution in [0.5, 0.6) is 0 Å². The summed E-state index contributed by atoms with van der Waals surface area (Å²) in [6.45, 7) is 4.17. The fourth-order valence-electron chi connectivity index (χ4n) is 2.33. The molecule has 0 bridgehead atoms. The van der Waals surface area contributed by atoms with Gasteiger partial charge in [0, 0.05) is 25.6 Å². The van der Waals surface area contributed by atoms with Gasteiger partial charge in [0.05, 0.1) is 17.5 Å². The van der Waals surface area contributed by atoms with Gasteiger partial charge in [0.25, 0.3) is 11.8 Å². The molecule has 0 fully saturated rings. The Labute approximate surface area is 121 Å². The lowest BCUT2D eigenvalue weighted by Crippen LogP contribution is -2.40. The van der Waals surface area contributed by atoms with Gasteiger partial charge in [-0.2, -0.15) is 0 Å². The Bertz CT molecular complexity index is 576. The van der Waals surface area contributed by atoms with Crippen LogP contribution < -0.4 is 5.32 Å². The van der Waals surface area contributed by atoms with Crippen LogP contribution in [0.2, 0.25) is 0 Å². The summed E-state index contributed by atoms with van der Waals surface area (Å²) in [7, 11) is 0. The lowest BCUT2D eigenvalue weighted by molar-refractivity contribution is -0.137. The molecular formula is C14H18N2O5. The predicted molar refractivity (Wildman–Crippen MR) is 73.2 cm³/mol.